The third-order valence-electron chi connectivity index (χ3n) is 1.72. The average molecular weight is 173 g/mol. The second kappa shape index (κ2) is 3.53. The van der Waals surface area contributed by atoms with Crippen molar-refractivity contribution in [3.05, 3.63) is 0 Å². The number of nitrogens with one attached hydrogen (secondary N) is 1. The zero-order valence-corrected chi connectivity index (χ0v) is 6.74. The summed E-state index contributed by atoms with van der Waals surface area (Å²) in [6.45, 7) is 1.74. The van der Waals surface area contributed by atoms with Crippen LogP contribution in [0.15, 0.2) is 0 Å². The van der Waals surface area contributed by atoms with Crippen LogP contribution in [-0.4, -0.2) is 35.7 Å². The Bertz CT molecular complexity index is 204. The minimum Gasteiger partial charge on any atom is -0.480 e. The molecule has 1 aliphatic rings. The molecule has 0 aromatic carbocycles. The van der Waals surface area contributed by atoms with Gasteiger partial charge >= 0.3 is 11.9 Å². The number of carboxylic acid groups (broad SMARTS) is 1. The van der Waals surface area contributed by atoms with E-state index in [1.807, 2.05) is 0 Å². The molecule has 0 amide bonds. The zero-order valence-electron chi connectivity index (χ0n) is 6.74. The maximum absolute atomic E-state index is 10.5. The topological polar surface area (TPSA) is 75.6 Å². The molecule has 2 N–H and O–H groups in total. The van der Waals surface area contributed by atoms with Gasteiger partial charge in [-0.15, -0.1) is 0 Å². The first-order valence-electron chi connectivity index (χ1n) is 3.73. The van der Waals surface area contributed by atoms with Crippen LogP contribution in [0.3, 0.4) is 0 Å². The molecule has 12 heavy (non-hydrogen) atoms. The number of carbonyl (C=O) groups is 2. The number of esters is 1. The molecular weight excluding hydrogens is 162 g/mol. The molecule has 1 aliphatic heterocycles. The van der Waals surface area contributed by atoms with Crippen LogP contribution in [0.1, 0.15) is 13.3 Å². The van der Waals surface area contributed by atoms with Crippen molar-refractivity contribution in [2.24, 2.45) is 0 Å². The van der Waals surface area contributed by atoms with Gasteiger partial charge in [-0.05, 0) is 0 Å². The summed E-state index contributed by atoms with van der Waals surface area (Å²) in [5.74, 6) is -1.27. The predicted molar refractivity (Wildman–Crippen MR) is 39.6 cm³/mol. The van der Waals surface area contributed by atoms with E-state index in [9.17, 15) is 9.59 Å². The number of carboxylic acids is 1. The molecule has 0 unspecified atom stereocenters. The Balaban J connectivity index is 2.35. The molecule has 5 nitrogen and oxygen atoms in total. The summed E-state index contributed by atoms with van der Waals surface area (Å²) in [7, 11) is 0. The van der Waals surface area contributed by atoms with Crippen LogP contribution >= 0.6 is 0 Å². The van der Waals surface area contributed by atoms with E-state index in [1.54, 1.807) is 0 Å². The van der Waals surface area contributed by atoms with Gasteiger partial charge in [0.1, 0.15) is 12.1 Å². The van der Waals surface area contributed by atoms with E-state index in [1.165, 1.54) is 6.92 Å². The Kier molecular flexibility index (Phi) is 2.65. The third-order valence-corrected chi connectivity index (χ3v) is 1.72. The summed E-state index contributed by atoms with van der Waals surface area (Å²) in [5, 5.41) is 11.3. The van der Waals surface area contributed by atoms with Crippen LogP contribution in [0.25, 0.3) is 0 Å². The predicted octanol–water partition coefficient (Wildman–Crippen LogP) is -0.635. The standard InChI is InChI=1S/C7H11NO4/c1-4(9)12-5-2-6(7(10)11)8-3-5/h5-6,8H,2-3H2,1H3,(H,10,11)/t5-,6+/m0/s1. The molecule has 0 aliphatic carbocycles. The number of hydrogen-bond acceptors (Lipinski definition) is 4. The SMILES string of the molecule is CC(=O)O[C@@H]1CN[C@@H](C(=O)O)C1. The molecule has 1 heterocycles. The van der Waals surface area contributed by atoms with Crippen molar-refractivity contribution in [3.63, 3.8) is 0 Å². The van der Waals surface area contributed by atoms with E-state index < -0.39 is 12.0 Å². The summed E-state index contributed by atoms with van der Waals surface area (Å²) >= 11 is 0. The number of aliphatic carboxylic acids is 1. The molecule has 1 saturated heterocycles. The van der Waals surface area contributed by atoms with Gasteiger partial charge in [-0.3, -0.25) is 9.59 Å². The number of carbonyl (C=O) groups excluding carboxylic acids is 1. The van der Waals surface area contributed by atoms with Crippen LogP contribution in [0.4, 0.5) is 0 Å². The quantitative estimate of drug-likeness (QED) is 0.543. The zero-order chi connectivity index (χ0) is 9.14. The van der Waals surface area contributed by atoms with Crippen molar-refractivity contribution in [2.45, 2.75) is 25.5 Å². The van der Waals surface area contributed by atoms with Gasteiger partial charge in [-0.1, -0.05) is 0 Å². The van der Waals surface area contributed by atoms with E-state index in [-0.39, 0.29) is 12.1 Å². The van der Waals surface area contributed by atoms with E-state index in [4.69, 9.17) is 9.84 Å². The fourth-order valence-electron chi connectivity index (χ4n) is 1.22. The van der Waals surface area contributed by atoms with E-state index in [2.05, 4.69) is 5.32 Å². The summed E-state index contributed by atoms with van der Waals surface area (Å²) in [6, 6.07) is -0.575. The Hall–Kier alpha value is -1.10. The smallest absolute Gasteiger partial charge is 0.320 e. The first-order valence-corrected chi connectivity index (χ1v) is 3.73. The highest BCUT2D eigenvalue weighted by Gasteiger charge is 2.30. The van der Waals surface area contributed by atoms with Gasteiger partial charge in [0.05, 0.1) is 0 Å². The molecule has 68 valence electrons. The van der Waals surface area contributed by atoms with Gasteiger partial charge in [-0.2, -0.15) is 0 Å². The lowest BCUT2D eigenvalue weighted by Crippen LogP contribution is -2.29. The van der Waals surface area contributed by atoms with Crippen molar-refractivity contribution in [2.75, 3.05) is 6.54 Å². The van der Waals surface area contributed by atoms with E-state index in [0.29, 0.717) is 13.0 Å². The van der Waals surface area contributed by atoms with E-state index in [0.717, 1.165) is 0 Å². The molecule has 2 atom stereocenters. The first-order chi connectivity index (χ1) is 5.59. The minimum absolute atomic E-state index is 0.288. The molecule has 5 heteroatoms. The maximum Gasteiger partial charge on any atom is 0.320 e. The maximum atomic E-state index is 10.5. The Morgan fingerprint density at radius 1 is 1.58 bits per heavy atom. The first kappa shape index (κ1) is 8.99. The Morgan fingerprint density at radius 3 is 2.67 bits per heavy atom. The lowest BCUT2D eigenvalue weighted by atomic mass is 10.2. The van der Waals surface area contributed by atoms with Crippen LogP contribution < -0.4 is 5.32 Å². The molecule has 0 aromatic rings. The van der Waals surface area contributed by atoms with Crippen molar-refractivity contribution >= 4 is 11.9 Å². The molecule has 0 radical (unpaired) electrons. The molecule has 0 aromatic heterocycles. The van der Waals surface area contributed by atoms with Crippen molar-refractivity contribution in [1.82, 2.24) is 5.32 Å². The summed E-state index contributed by atoms with van der Waals surface area (Å²) < 4.78 is 4.83. The lowest BCUT2D eigenvalue weighted by molar-refractivity contribution is -0.146. The van der Waals surface area contributed by atoms with Gasteiger partial charge in [-0.25, -0.2) is 0 Å². The minimum atomic E-state index is -0.898. The second-order valence-corrected chi connectivity index (χ2v) is 2.77. The summed E-state index contributed by atoms with van der Waals surface area (Å²) in [4.78, 5) is 20.9. The molecule has 0 saturated carbocycles. The van der Waals surface area contributed by atoms with Gasteiger partial charge in [0, 0.05) is 19.9 Å². The fraction of sp³-hybridized carbons (Fsp3) is 0.714. The van der Waals surface area contributed by atoms with Crippen molar-refractivity contribution in [1.29, 1.82) is 0 Å². The molecule has 0 bridgehead atoms. The highest BCUT2D eigenvalue weighted by atomic mass is 16.5. The van der Waals surface area contributed by atoms with Crippen LogP contribution in [0.2, 0.25) is 0 Å². The summed E-state index contributed by atoms with van der Waals surface area (Å²) in [6.07, 6.45) is 0.0677. The molecule has 1 rings (SSSR count). The van der Waals surface area contributed by atoms with Crippen LogP contribution in [-0.2, 0) is 14.3 Å². The number of ether oxygens (including phenoxy) is 1. The van der Waals surface area contributed by atoms with E-state index >= 15 is 0 Å². The van der Waals surface area contributed by atoms with Crippen LogP contribution in [0.5, 0.6) is 0 Å². The van der Waals surface area contributed by atoms with Crippen LogP contribution in [0, 0.1) is 0 Å². The molecule has 1 fully saturated rings. The van der Waals surface area contributed by atoms with Gasteiger partial charge in [0.25, 0.3) is 0 Å². The highest BCUT2D eigenvalue weighted by Crippen LogP contribution is 2.10. The lowest BCUT2D eigenvalue weighted by Gasteiger charge is -2.07. The van der Waals surface area contributed by atoms with Gasteiger partial charge in [0.2, 0.25) is 0 Å². The number of hydrogen-bond donors (Lipinski definition) is 2. The van der Waals surface area contributed by atoms with Gasteiger partial charge in [0.15, 0.2) is 0 Å². The average Bonchev–Trinajstić information content (AvgIpc) is 2.34. The largest absolute Gasteiger partial charge is 0.480 e. The van der Waals surface area contributed by atoms with Crippen molar-refractivity contribution < 1.29 is 19.4 Å². The number of rotatable bonds is 2. The second-order valence-electron chi connectivity index (χ2n) is 2.77. The third kappa shape index (κ3) is 2.20. The van der Waals surface area contributed by atoms with Crippen molar-refractivity contribution in [3.8, 4) is 0 Å². The summed E-state index contributed by atoms with van der Waals surface area (Å²) in [5.41, 5.74) is 0. The molecular formula is C7H11NO4. The highest BCUT2D eigenvalue weighted by molar-refractivity contribution is 5.74. The normalized spacial score (nSPS) is 28.4. The Morgan fingerprint density at radius 2 is 2.25 bits per heavy atom. The fourth-order valence-corrected chi connectivity index (χ4v) is 1.22. The van der Waals surface area contributed by atoms with Gasteiger partial charge < -0.3 is 15.2 Å². The molecule has 0 spiro atoms. The monoisotopic (exact) mass is 173 g/mol. The Labute approximate surface area is 69.7 Å².